The van der Waals surface area contributed by atoms with Crippen LogP contribution in [0, 0.1) is 11.8 Å². The van der Waals surface area contributed by atoms with E-state index in [1.807, 2.05) is 36.4 Å². The molecule has 0 aromatic carbocycles. The lowest BCUT2D eigenvalue weighted by molar-refractivity contribution is -0.244. The number of nitrogens with one attached hydrogen (secondary N) is 1. The third kappa shape index (κ3) is 10.2. The second-order valence-corrected chi connectivity index (χ2v) is 15.8. The van der Waals surface area contributed by atoms with Crippen molar-refractivity contribution in [3.05, 3.63) is 83.6 Å². The fraction of sp³-hybridized carbons (Fsp3) is 0.500. The summed E-state index contributed by atoms with van der Waals surface area (Å²) in [6.07, 6.45) is 9.19. The van der Waals surface area contributed by atoms with Crippen LogP contribution in [0.4, 0.5) is 4.79 Å². The van der Waals surface area contributed by atoms with Crippen molar-refractivity contribution in [2.45, 2.75) is 117 Å². The number of alkyl carbamates (subject to hydrolysis) is 1. The average molecular weight is 738 g/mol. The first-order valence-corrected chi connectivity index (χ1v) is 18.9. The number of ether oxygens (including phenoxy) is 4. The Balaban J connectivity index is 1.01. The molecular weight excluding hydrogens is 686 g/mol. The van der Waals surface area contributed by atoms with E-state index in [4.69, 9.17) is 18.9 Å². The summed E-state index contributed by atoms with van der Waals surface area (Å²) in [6, 6.07) is 16.0. The molecule has 286 valence electrons. The van der Waals surface area contributed by atoms with E-state index in [0.717, 1.165) is 84.8 Å². The van der Waals surface area contributed by atoms with E-state index in [2.05, 4.69) is 37.4 Å². The SMILES string of the molecule is CC(=O)C(C)(OC(=O)/C(NC(=O)OC(C)(C)C)=C(\C)COC1CC(CCc2ccc3cccnc3n2)C1)OC1CC(CCc2ccc3cccnc3n2)C1. The number of Topliss-reactive ketones (excluding diaryl/α,β-unsaturated/α-hetero) is 1. The summed E-state index contributed by atoms with van der Waals surface area (Å²) < 4.78 is 23.5. The lowest BCUT2D eigenvalue weighted by atomic mass is 9.79. The molecule has 1 amide bonds. The van der Waals surface area contributed by atoms with Crippen LogP contribution in [0.3, 0.4) is 0 Å². The van der Waals surface area contributed by atoms with Gasteiger partial charge in [0.25, 0.3) is 5.79 Å². The minimum Gasteiger partial charge on any atom is -0.444 e. The smallest absolute Gasteiger partial charge is 0.412 e. The normalized spacial score (nSPS) is 21.3. The van der Waals surface area contributed by atoms with E-state index >= 15 is 0 Å². The summed E-state index contributed by atoms with van der Waals surface area (Å²) in [5, 5.41) is 4.59. The molecule has 4 aromatic heterocycles. The van der Waals surface area contributed by atoms with Crippen molar-refractivity contribution >= 4 is 39.9 Å². The molecule has 0 saturated heterocycles. The Morgan fingerprint density at radius 3 is 1.80 bits per heavy atom. The quantitative estimate of drug-likeness (QED) is 0.0739. The van der Waals surface area contributed by atoms with E-state index in [1.165, 1.54) is 13.8 Å². The molecular formula is C42H51N5O7. The van der Waals surface area contributed by atoms with Gasteiger partial charge in [-0.25, -0.2) is 29.5 Å². The Kier molecular flexibility index (Phi) is 12.0. The number of carbonyl (C=O) groups excluding carboxylic acids is 3. The maximum Gasteiger partial charge on any atom is 0.412 e. The number of aryl methyl sites for hydroxylation is 2. The van der Waals surface area contributed by atoms with E-state index in [0.29, 0.717) is 17.4 Å². The molecule has 1 N–H and O–H groups in total. The Labute approximate surface area is 316 Å². The van der Waals surface area contributed by atoms with Gasteiger partial charge in [0.15, 0.2) is 11.3 Å². The van der Waals surface area contributed by atoms with Gasteiger partial charge in [0.2, 0.25) is 5.78 Å². The molecule has 0 bridgehead atoms. The van der Waals surface area contributed by atoms with E-state index in [-0.39, 0.29) is 24.5 Å². The first kappa shape index (κ1) is 38.9. The summed E-state index contributed by atoms with van der Waals surface area (Å²) in [5.74, 6) is -2.34. The van der Waals surface area contributed by atoms with Gasteiger partial charge in [0, 0.05) is 48.4 Å². The minimum atomic E-state index is -1.85. The minimum absolute atomic E-state index is 0.0149. The number of fused-ring (bicyclic) bond motifs is 2. The average Bonchev–Trinajstić information content (AvgIpc) is 3.09. The third-order valence-electron chi connectivity index (χ3n) is 10.2. The molecule has 2 fully saturated rings. The summed E-state index contributed by atoms with van der Waals surface area (Å²) in [7, 11) is 0. The zero-order valence-corrected chi connectivity index (χ0v) is 32.1. The van der Waals surface area contributed by atoms with E-state index in [1.54, 1.807) is 40.1 Å². The van der Waals surface area contributed by atoms with Crippen LogP contribution in [0.15, 0.2) is 72.2 Å². The molecule has 1 atom stereocenters. The lowest BCUT2D eigenvalue weighted by Gasteiger charge is -2.40. The van der Waals surface area contributed by atoms with Crippen LogP contribution in [-0.2, 0) is 41.4 Å². The van der Waals surface area contributed by atoms with Gasteiger partial charge in [-0.15, -0.1) is 0 Å². The van der Waals surface area contributed by atoms with Crippen molar-refractivity contribution < 1.29 is 33.3 Å². The first-order valence-electron chi connectivity index (χ1n) is 18.9. The Bertz CT molecular complexity index is 2020. The number of hydrogen-bond acceptors (Lipinski definition) is 11. The third-order valence-corrected chi connectivity index (χ3v) is 10.2. The van der Waals surface area contributed by atoms with Crippen LogP contribution in [0.5, 0.6) is 0 Å². The van der Waals surface area contributed by atoms with Gasteiger partial charge in [0.05, 0.1) is 18.8 Å². The van der Waals surface area contributed by atoms with Crippen molar-refractivity contribution in [2.24, 2.45) is 11.8 Å². The number of amides is 1. The highest BCUT2D eigenvalue weighted by Gasteiger charge is 2.43. The summed E-state index contributed by atoms with van der Waals surface area (Å²) in [5.41, 5.74) is 2.98. The van der Waals surface area contributed by atoms with Gasteiger partial charge < -0.3 is 18.9 Å². The molecule has 2 aliphatic carbocycles. The highest BCUT2D eigenvalue weighted by Crippen LogP contribution is 2.37. The van der Waals surface area contributed by atoms with Crippen LogP contribution in [0.2, 0.25) is 0 Å². The van der Waals surface area contributed by atoms with Crippen LogP contribution >= 0.6 is 0 Å². The predicted octanol–water partition coefficient (Wildman–Crippen LogP) is 7.38. The zero-order valence-electron chi connectivity index (χ0n) is 32.1. The molecule has 12 nitrogen and oxygen atoms in total. The number of ketones is 1. The highest BCUT2D eigenvalue weighted by atomic mass is 16.7. The van der Waals surface area contributed by atoms with Crippen molar-refractivity contribution in [3.8, 4) is 0 Å². The van der Waals surface area contributed by atoms with Gasteiger partial charge in [-0.1, -0.05) is 0 Å². The topological polar surface area (TPSA) is 152 Å². The fourth-order valence-corrected chi connectivity index (χ4v) is 6.80. The van der Waals surface area contributed by atoms with Crippen LogP contribution in [0.1, 0.15) is 91.5 Å². The maximum atomic E-state index is 13.7. The molecule has 4 aromatic rings. The highest BCUT2D eigenvalue weighted by molar-refractivity contribution is 5.95. The van der Waals surface area contributed by atoms with Crippen LogP contribution in [0.25, 0.3) is 22.1 Å². The number of carbonyl (C=O) groups is 3. The van der Waals surface area contributed by atoms with E-state index < -0.39 is 29.2 Å². The summed E-state index contributed by atoms with van der Waals surface area (Å²) in [4.78, 5) is 57.5. The van der Waals surface area contributed by atoms with Crippen LogP contribution in [-0.4, -0.2) is 68.0 Å². The monoisotopic (exact) mass is 737 g/mol. The maximum absolute atomic E-state index is 13.7. The van der Waals surface area contributed by atoms with E-state index in [9.17, 15) is 14.4 Å². The Morgan fingerprint density at radius 1 is 0.741 bits per heavy atom. The van der Waals surface area contributed by atoms with Gasteiger partial charge in [-0.2, -0.15) is 0 Å². The number of aromatic nitrogens is 4. The van der Waals surface area contributed by atoms with Crippen molar-refractivity contribution in [1.29, 1.82) is 0 Å². The number of nitrogens with zero attached hydrogens (tertiary/aromatic N) is 4. The van der Waals surface area contributed by atoms with Gasteiger partial charge >= 0.3 is 12.1 Å². The molecule has 12 heteroatoms. The van der Waals surface area contributed by atoms with Crippen molar-refractivity contribution in [1.82, 2.24) is 25.3 Å². The molecule has 0 spiro atoms. The Morgan fingerprint density at radius 2 is 1.28 bits per heavy atom. The van der Waals surface area contributed by atoms with Gasteiger partial charge in [-0.3, -0.25) is 10.1 Å². The largest absolute Gasteiger partial charge is 0.444 e. The predicted molar refractivity (Wildman–Crippen MR) is 203 cm³/mol. The molecule has 2 saturated carbocycles. The summed E-state index contributed by atoms with van der Waals surface area (Å²) >= 11 is 0. The van der Waals surface area contributed by atoms with Gasteiger partial charge in [0.1, 0.15) is 11.3 Å². The number of hydrogen-bond donors (Lipinski definition) is 1. The molecule has 4 heterocycles. The summed E-state index contributed by atoms with van der Waals surface area (Å²) in [6.45, 7) is 9.72. The molecule has 0 aliphatic heterocycles. The molecule has 1 unspecified atom stereocenters. The standard InChI is InChI=1S/C42H51N5O7/c1-26(25-51-34-21-28(22-34)11-15-32-17-13-30-9-7-19-43-37(30)45-32)36(47-40(50)54-41(3,4)5)39(49)53-42(6,27(2)48)52-35-23-29(24-35)12-16-33-18-14-31-10-8-20-44-38(31)46-33/h7-10,13-14,17-20,28-29,34-35H,11-12,15-16,21-25H2,1-6H3,(H,47,50)/b36-26-. The fourth-order valence-electron chi connectivity index (χ4n) is 6.80. The second kappa shape index (κ2) is 16.7. The number of rotatable bonds is 15. The number of pyridine rings is 4. The van der Waals surface area contributed by atoms with Crippen molar-refractivity contribution in [3.63, 3.8) is 0 Å². The zero-order chi connectivity index (χ0) is 38.5. The lowest BCUT2D eigenvalue weighted by Crippen LogP contribution is -2.49. The Hall–Kier alpha value is -4.81. The number of esters is 1. The first-order chi connectivity index (χ1) is 25.7. The second-order valence-electron chi connectivity index (χ2n) is 15.8. The van der Waals surface area contributed by atoms with Crippen LogP contribution < -0.4 is 5.32 Å². The molecule has 6 rings (SSSR count). The molecule has 54 heavy (non-hydrogen) atoms. The van der Waals surface area contributed by atoms with Gasteiger partial charge in [-0.05, 0) is 145 Å². The van der Waals surface area contributed by atoms with Crippen molar-refractivity contribution in [2.75, 3.05) is 6.61 Å². The molecule has 2 aliphatic rings. The molecule has 0 radical (unpaired) electrons.